The van der Waals surface area contributed by atoms with E-state index in [9.17, 15) is 0 Å². The number of ether oxygens (including phenoxy) is 2. The van der Waals surface area contributed by atoms with Crippen LogP contribution >= 0.6 is 0 Å². The molecule has 0 aromatic rings. The molecule has 1 aliphatic heterocycles. The van der Waals surface area contributed by atoms with Crippen LogP contribution in [0.25, 0.3) is 0 Å². The minimum atomic E-state index is 0.0611. The van der Waals surface area contributed by atoms with E-state index in [4.69, 9.17) is 9.47 Å². The van der Waals surface area contributed by atoms with Gasteiger partial charge in [-0.25, -0.2) is 0 Å². The quantitative estimate of drug-likeness (QED) is 0.756. The zero-order chi connectivity index (χ0) is 13.1. The summed E-state index contributed by atoms with van der Waals surface area (Å²) in [6.45, 7) is 11.7. The summed E-state index contributed by atoms with van der Waals surface area (Å²) in [5.74, 6) is 1.59. The zero-order valence-corrected chi connectivity index (χ0v) is 12.5. The second kappa shape index (κ2) is 3.96. The summed E-state index contributed by atoms with van der Waals surface area (Å²) >= 11 is 0. The summed E-state index contributed by atoms with van der Waals surface area (Å²) in [5.41, 5.74) is 0.819. The average Bonchev–Trinajstić information content (AvgIpc) is 2.85. The Morgan fingerprint density at radius 2 is 2.06 bits per heavy atom. The molecule has 2 saturated carbocycles. The molecule has 0 spiro atoms. The fraction of sp³-hybridized carbons (Fsp3) is 1.00. The van der Waals surface area contributed by atoms with E-state index < -0.39 is 0 Å². The predicted molar refractivity (Wildman–Crippen MR) is 72.2 cm³/mol. The molecule has 18 heavy (non-hydrogen) atoms. The molecule has 1 heterocycles. The van der Waals surface area contributed by atoms with Crippen LogP contribution in [0, 0.1) is 22.7 Å². The molecule has 1 saturated heterocycles. The summed E-state index contributed by atoms with van der Waals surface area (Å²) < 4.78 is 12.3. The zero-order valence-electron chi connectivity index (χ0n) is 12.5. The van der Waals surface area contributed by atoms with Crippen molar-refractivity contribution in [3.05, 3.63) is 0 Å². The third kappa shape index (κ3) is 1.48. The summed E-state index contributed by atoms with van der Waals surface area (Å²) in [7, 11) is 0. The second-order valence-corrected chi connectivity index (χ2v) is 7.53. The molecule has 2 heteroatoms. The lowest BCUT2D eigenvalue weighted by Gasteiger charge is -2.38. The van der Waals surface area contributed by atoms with Gasteiger partial charge in [-0.3, -0.25) is 0 Å². The molecule has 3 rings (SSSR count). The van der Waals surface area contributed by atoms with Crippen LogP contribution < -0.4 is 0 Å². The molecule has 0 amide bonds. The van der Waals surface area contributed by atoms with Gasteiger partial charge in [-0.1, -0.05) is 27.7 Å². The Kier molecular flexibility index (Phi) is 2.84. The van der Waals surface area contributed by atoms with Crippen LogP contribution in [-0.4, -0.2) is 18.5 Å². The molecule has 2 nitrogen and oxygen atoms in total. The third-order valence-electron chi connectivity index (χ3n) is 6.63. The lowest BCUT2D eigenvalue weighted by Crippen LogP contribution is -2.38. The largest absolute Gasteiger partial charge is 0.350 e. The van der Waals surface area contributed by atoms with Gasteiger partial charge in [0.25, 0.3) is 0 Å². The van der Waals surface area contributed by atoms with Gasteiger partial charge in [-0.15, -0.1) is 0 Å². The molecule has 0 aromatic carbocycles. The summed E-state index contributed by atoms with van der Waals surface area (Å²) in [6.07, 6.45) is 5.75. The molecule has 3 aliphatic rings. The summed E-state index contributed by atoms with van der Waals surface area (Å²) in [6, 6.07) is 0. The fourth-order valence-corrected chi connectivity index (χ4v) is 4.93. The van der Waals surface area contributed by atoms with E-state index in [0.29, 0.717) is 23.0 Å². The van der Waals surface area contributed by atoms with Crippen molar-refractivity contribution in [3.63, 3.8) is 0 Å². The van der Waals surface area contributed by atoms with Gasteiger partial charge < -0.3 is 9.47 Å². The molecule has 0 aromatic heterocycles. The molecular weight excluding hydrogens is 224 g/mol. The maximum absolute atomic E-state index is 6.31. The van der Waals surface area contributed by atoms with Crippen LogP contribution in [0.3, 0.4) is 0 Å². The van der Waals surface area contributed by atoms with Crippen LogP contribution in [0.2, 0.25) is 0 Å². The van der Waals surface area contributed by atoms with Crippen molar-refractivity contribution in [2.24, 2.45) is 22.7 Å². The van der Waals surface area contributed by atoms with Gasteiger partial charge in [0.1, 0.15) is 0 Å². The predicted octanol–water partition coefficient (Wildman–Crippen LogP) is 3.99. The maximum Gasteiger partial charge on any atom is 0.158 e. The van der Waals surface area contributed by atoms with E-state index in [1.807, 2.05) is 0 Å². The first kappa shape index (κ1) is 12.9. The summed E-state index contributed by atoms with van der Waals surface area (Å²) in [4.78, 5) is 0. The van der Waals surface area contributed by atoms with E-state index in [0.717, 1.165) is 24.7 Å². The number of hydrogen-bond acceptors (Lipinski definition) is 2. The number of hydrogen-bond donors (Lipinski definition) is 0. The molecule has 6 atom stereocenters. The Morgan fingerprint density at radius 1 is 1.33 bits per heavy atom. The standard InChI is InChI=1S/C16H28O2/c1-6-10(2)17-13-9-11-12-7-8-16(5,14(11)18-13)15(12,3)4/h10-14H,6-9H2,1-5H3/t10-,11+,12+,13+,14+,16-/m0/s1. The molecule has 0 radical (unpaired) electrons. The second-order valence-electron chi connectivity index (χ2n) is 7.53. The van der Waals surface area contributed by atoms with Crippen molar-refractivity contribution in [2.45, 2.75) is 78.8 Å². The average molecular weight is 252 g/mol. The SMILES string of the molecule is CC[C@H](C)O[C@H]1C[C@@H]2[C@H]3CC[C@@](C)([C@@H]2O1)C3(C)C. The highest BCUT2D eigenvalue weighted by molar-refractivity contribution is 5.16. The van der Waals surface area contributed by atoms with Crippen molar-refractivity contribution in [1.82, 2.24) is 0 Å². The highest BCUT2D eigenvalue weighted by Crippen LogP contribution is 2.71. The Bertz CT molecular complexity index is 338. The van der Waals surface area contributed by atoms with Crippen molar-refractivity contribution < 1.29 is 9.47 Å². The number of fused-ring (bicyclic) bond motifs is 5. The Hall–Kier alpha value is -0.0800. The Labute approximate surface area is 111 Å². The van der Waals surface area contributed by atoms with Gasteiger partial charge in [0, 0.05) is 6.42 Å². The Balaban J connectivity index is 1.75. The Morgan fingerprint density at radius 3 is 2.67 bits per heavy atom. The van der Waals surface area contributed by atoms with Crippen LogP contribution in [0.5, 0.6) is 0 Å². The van der Waals surface area contributed by atoms with E-state index in [1.165, 1.54) is 12.8 Å². The van der Waals surface area contributed by atoms with Crippen molar-refractivity contribution in [3.8, 4) is 0 Å². The minimum Gasteiger partial charge on any atom is -0.350 e. The third-order valence-corrected chi connectivity index (χ3v) is 6.63. The van der Waals surface area contributed by atoms with Gasteiger partial charge >= 0.3 is 0 Å². The molecule has 2 aliphatic carbocycles. The maximum atomic E-state index is 6.31. The fourth-order valence-electron chi connectivity index (χ4n) is 4.93. The van der Waals surface area contributed by atoms with Gasteiger partial charge in [0.2, 0.25) is 0 Å². The smallest absolute Gasteiger partial charge is 0.158 e. The van der Waals surface area contributed by atoms with Gasteiger partial charge in [-0.2, -0.15) is 0 Å². The lowest BCUT2D eigenvalue weighted by atomic mass is 9.70. The van der Waals surface area contributed by atoms with Crippen LogP contribution in [0.1, 0.15) is 60.3 Å². The van der Waals surface area contributed by atoms with Crippen molar-refractivity contribution >= 4 is 0 Å². The van der Waals surface area contributed by atoms with Crippen molar-refractivity contribution in [1.29, 1.82) is 0 Å². The molecule has 0 unspecified atom stereocenters. The van der Waals surface area contributed by atoms with E-state index in [-0.39, 0.29) is 6.29 Å². The van der Waals surface area contributed by atoms with E-state index in [1.54, 1.807) is 0 Å². The van der Waals surface area contributed by atoms with Gasteiger partial charge in [0.05, 0.1) is 12.2 Å². The molecule has 2 bridgehead atoms. The van der Waals surface area contributed by atoms with E-state index >= 15 is 0 Å². The minimum absolute atomic E-state index is 0.0611. The van der Waals surface area contributed by atoms with Crippen LogP contribution in [0.4, 0.5) is 0 Å². The molecule has 104 valence electrons. The first-order valence-electron chi connectivity index (χ1n) is 7.71. The van der Waals surface area contributed by atoms with Gasteiger partial charge in [-0.05, 0) is 48.9 Å². The molecular formula is C16H28O2. The summed E-state index contributed by atoms with van der Waals surface area (Å²) in [5, 5.41) is 0. The first-order valence-corrected chi connectivity index (χ1v) is 7.71. The highest BCUT2D eigenvalue weighted by atomic mass is 16.7. The van der Waals surface area contributed by atoms with E-state index in [2.05, 4.69) is 34.6 Å². The number of rotatable bonds is 3. The van der Waals surface area contributed by atoms with Crippen LogP contribution in [-0.2, 0) is 9.47 Å². The lowest BCUT2D eigenvalue weighted by molar-refractivity contribution is -0.182. The topological polar surface area (TPSA) is 18.5 Å². The van der Waals surface area contributed by atoms with Crippen molar-refractivity contribution in [2.75, 3.05) is 0 Å². The highest BCUT2D eigenvalue weighted by Gasteiger charge is 2.69. The molecule has 0 N–H and O–H groups in total. The molecule has 3 fully saturated rings. The first-order chi connectivity index (χ1) is 8.40. The van der Waals surface area contributed by atoms with Crippen LogP contribution in [0.15, 0.2) is 0 Å². The monoisotopic (exact) mass is 252 g/mol. The van der Waals surface area contributed by atoms with Gasteiger partial charge in [0.15, 0.2) is 6.29 Å². The normalized spacial score (nSPS) is 50.5.